The number of carbonyl (C=O) groups excluding carboxylic acids is 2. The molecule has 4 aromatic rings. The molecular formula is C24H24N4O3. The second-order valence-electron chi connectivity index (χ2n) is 7.23. The Bertz CT molecular complexity index is 1190. The quantitative estimate of drug-likeness (QED) is 0.409. The van der Waals surface area contributed by atoms with E-state index in [4.69, 9.17) is 4.52 Å². The number of nitrogens with zero attached hydrogens (tertiary/aromatic N) is 1. The van der Waals surface area contributed by atoms with Crippen LogP contribution in [0.5, 0.6) is 0 Å². The third-order valence-corrected chi connectivity index (χ3v) is 5.20. The Labute approximate surface area is 179 Å². The van der Waals surface area contributed by atoms with Gasteiger partial charge in [-0.2, -0.15) is 0 Å². The minimum atomic E-state index is -0.454. The highest BCUT2D eigenvalue weighted by Gasteiger charge is 2.14. The first kappa shape index (κ1) is 20.4. The molecule has 7 heteroatoms. The van der Waals surface area contributed by atoms with Crippen LogP contribution >= 0.6 is 0 Å². The van der Waals surface area contributed by atoms with E-state index >= 15 is 0 Å². The second kappa shape index (κ2) is 9.30. The molecule has 0 radical (unpaired) electrons. The van der Waals surface area contributed by atoms with Crippen LogP contribution in [0.25, 0.3) is 22.2 Å². The van der Waals surface area contributed by atoms with Crippen molar-refractivity contribution in [2.75, 3.05) is 13.1 Å². The van der Waals surface area contributed by atoms with E-state index in [9.17, 15) is 9.59 Å². The Morgan fingerprint density at radius 1 is 1.03 bits per heavy atom. The number of hydrogen-bond donors (Lipinski definition) is 3. The fourth-order valence-electron chi connectivity index (χ4n) is 3.55. The summed E-state index contributed by atoms with van der Waals surface area (Å²) in [5.74, 6) is -0.209. The Morgan fingerprint density at radius 2 is 1.87 bits per heavy atom. The molecule has 0 saturated carbocycles. The van der Waals surface area contributed by atoms with Gasteiger partial charge in [-0.25, -0.2) is 0 Å². The highest BCUT2D eigenvalue weighted by atomic mass is 16.5. The number of hydrogen-bond acceptors (Lipinski definition) is 4. The summed E-state index contributed by atoms with van der Waals surface area (Å²) in [5.41, 5.74) is 4.55. The van der Waals surface area contributed by atoms with Crippen molar-refractivity contribution in [2.24, 2.45) is 0 Å². The van der Waals surface area contributed by atoms with Crippen LogP contribution in [0, 0.1) is 0 Å². The normalized spacial score (nSPS) is 10.9. The number of H-pyrrole nitrogens is 1. The maximum atomic E-state index is 12.2. The Morgan fingerprint density at radius 3 is 2.68 bits per heavy atom. The van der Waals surface area contributed by atoms with E-state index in [1.165, 1.54) is 10.9 Å². The Balaban J connectivity index is 1.25. The molecule has 2 heterocycles. The average molecular weight is 416 g/mol. The molecule has 0 aliphatic rings. The van der Waals surface area contributed by atoms with Crippen molar-refractivity contribution in [3.63, 3.8) is 0 Å². The maximum Gasteiger partial charge on any atom is 0.273 e. The first-order chi connectivity index (χ1) is 15.2. The molecule has 4 rings (SSSR count). The van der Waals surface area contributed by atoms with E-state index in [2.05, 4.69) is 45.9 Å². The predicted octanol–water partition coefficient (Wildman–Crippen LogP) is 3.47. The van der Waals surface area contributed by atoms with Crippen LogP contribution < -0.4 is 10.6 Å². The van der Waals surface area contributed by atoms with Gasteiger partial charge in [-0.3, -0.25) is 9.59 Å². The molecular weight excluding hydrogens is 392 g/mol. The van der Waals surface area contributed by atoms with Crippen LogP contribution in [0.3, 0.4) is 0 Å². The maximum absolute atomic E-state index is 12.2. The number of benzene rings is 2. The summed E-state index contributed by atoms with van der Waals surface area (Å²) in [6.07, 6.45) is 3.66. The highest BCUT2D eigenvalue weighted by molar-refractivity contribution is 5.95. The lowest BCUT2D eigenvalue weighted by Gasteiger charge is -2.06. The number of aromatic nitrogens is 2. The zero-order chi connectivity index (χ0) is 21.6. The van der Waals surface area contributed by atoms with Crippen molar-refractivity contribution < 1.29 is 14.1 Å². The number of para-hydroxylation sites is 1. The van der Waals surface area contributed by atoms with Gasteiger partial charge < -0.3 is 20.1 Å². The largest absolute Gasteiger partial charge is 0.361 e. The van der Waals surface area contributed by atoms with Gasteiger partial charge in [0.15, 0.2) is 11.5 Å². The van der Waals surface area contributed by atoms with E-state index in [-0.39, 0.29) is 18.1 Å². The van der Waals surface area contributed by atoms with Crippen LogP contribution in [-0.4, -0.2) is 35.0 Å². The monoisotopic (exact) mass is 416 g/mol. The average Bonchev–Trinajstić information content (AvgIpc) is 3.46. The third-order valence-electron chi connectivity index (χ3n) is 5.20. The zero-order valence-electron chi connectivity index (χ0n) is 17.3. The van der Waals surface area contributed by atoms with Crippen molar-refractivity contribution >= 4 is 22.7 Å². The van der Waals surface area contributed by atoms with Crippen molar-refractivity contribution in [3.05, 3.63) is 77.6 Å². The van der Waals surface area contributed by atoms with Crippen molar-refractivity contribution in [1.82, 2.24) is 20.8 Å². The van der Waals surface area contributed by atoms with Crippen molar-refractivity contribution in [2.45, 2.75) is 19.8 Å². The van der Waals surface area contributed by atoms with E-state index in [1.807, 2.05) is 36.5 Å². The van der Waals surface area contributed by atoms with Gasteiger partial charge >= 0.3 is 0 Å². The van der Waals surface area contributed by atoms with E-state index in [1.54, 1.807) is 6.07 Å². The molecule has 2 amide bonds. The van der Waals surface area contributed by atoms with Gasteiger partial charge in [-0.05, 0) is 24.0 Å². The number of amides is 2. The minimum absolute atomic E-state index is 0.125. The van der Waals surface area contributed by atoms with Gasteiger partial charge in [0, 0.05) is 35.3 Å². The Kier molecular flexibility index (Phi) is 6.12. The highest BCUT2D eigenvalue weighted by Crippen LogP contribution is 2.22. The zero-order valence-corrected chi connectivity index (χ0v) is 17.3. The number of aromatic amines is 1. The Hall–Kier alpha value is -3.87. The van der Waals surface area contributed by atoms with Crippen LogP contribution in [0.2, 0.25) is 0 Å². The summed E-state index contributed by atoms with van der Waals surface area (Å²) in [6, 6.07) is 17.2. The van der Waals surface area contributed by atoms with Gasteiger partial charge in [0.25, 0.3) is 5.91 Å². The standard InChI is InChI=1S/C24H24N4O3/c1-2-16-9-6-10-19-18(14-26-23(16)19)11-12-25-22(29)15-27-24(30)20-13-21(31-28-20)17-7-4-3-5-8-17/h3-10,13-14,26H,2,11-12,15H2,1H3,(H,25,29)(H,27,30). The molecule has 3 N–H and O–H groups in total. The van der Waals surface area contributed by atoms with Gasteiger partial charge in [0.2, 0.25) is 5.91 Å². The SMILES string of the molecule is CCc1cccc2c(CCNC(=O)CNC(=O)c3cc(-c4ccccc4)on3)c[nH]c12. The molecule has 7 nitrogen and oxygen atoms in total. The molecule has 0 bridgehead atoms. The minimum Gasteiger partial charge on any atom is -0.361 e. The summed E-state index contributed by atoms with van der Waals surface area (Å²) in [5, 5.41) is 10.4. The number of nitrogens with one attached hydrogen (secondary N) is 3. The van der Waals surface area contributed by atoms with Crippen LogP contribution in [0.4, 0.5) is 0 Å². The molecule has 2 aromatic heterocycles. The summed E-state index contributed by atoms with van der Waals surface area (Å²) in [7, 11) is 0. The number of rotatable bonds is 8. The molecule has 0 atom stereocenters. The number of aryl methyl sites for hydroxylation is 1. The summed E-state index contributed by atoms with van der Waals surface area (Å²) in [4.78, 5) is 27.7. The fraction of sp³-hybridized carbons (Fsp3) is 0.208. The van der Waals surface area contributed by atoms with Crippen LogP contribution in [-0.2, 0) is 17.6 Å². The van der Waals surface area contributed by atoms with Crippen molar-refractivity contribution in [1.29, 1.82) is 0 Å². The molecule has 0 spiro atoms. The lowest BCUT2D eigenvalue weighted by atomic mass is 10.1. The molecule has 0 aliphatic heterocycles. The first-order valence-corrected chi connectivity index (χ1v) is 10.3. The number of carbonyl (C=O) groups is 2. The topological polar surface area (TPSA) is 100 Å². The predicted molar refractivity (Wildman–Crippen MR) is 119 cm³/mol. The van der Waals surface area contributed by atoms with Crippen LogP contribution in [0.1, 0.15) is 28.5 Å². The summed E-state index contributed by atoms with van der Waals surface area (Å²) in [6.45, 7) is 2.49. The second-order valence-corrected chi connectivity index (χ2v) is 7.23. The molecule has 0 unspecified atom stereocenters. The molecule has 158 valence electrons. The van der Waals surface area contributed by atoms with Crippen LogP contribution in [0.15, 0.2) is 65.3 Å². The first-order valence-electron chi connectivity index (χ1n) is 10.3. The molecule has 2 aromatic carbocycles. The molecule has 0 saturated heterocycles. The van der Waals surface area contributed by atoms with E-state index < -0.39 is 5.91 Å². The smallest absolute Gasteiger partial charge is 0.273 e. The van der Waals surface area contributed by atoms with E-state index in [0.717, 1.165) is 23.1 Å². The summed E-state index contributed by atoms with van der Waals surface area (Å²) >= 11 is 0. The molecule has 31 heavy (non-hydrogen) atoms. The van der Waals surface area contributed by atoms with Gasteiger partial charge in [0.1, 0.15) is 0 Å². The lowest BCUT2D eigenvalue weighted by Crippen LogP contribution is -2.37. The van der Waals surface area contributed by atoms with Gasteiger partial charge in [-0.15, -0.1) is 0 Å². The van der Waals surface area contributed by atoms with Crippen molar-refractivity contribution in [3.8, 4) is 11.3 Å². The number of fused-ring (bicyclic) bond motifs is 1. The van der Waals surface area contributed by atoms with Gasteiger partial charge in [-0.1, -0.05) is 60.6 Å². The van der Waals surface area contributed by atoms with Gasteiger partial charge in [0.05, 0.1) is 6.54 Å². The third kappa shape index (κ3) is 4.66. The van der Waals surface area contributed by atoms with E-state index in [0.29, 0.717) is 18.7 Å². The summed E-state index contributed by atoms with van der Waals surface area (Å²) < 4.78 is 5.22. The molecule has 0 aliphatic carbocycles. The fourth-order valence-corrected chi connectivity index (χ4v) is 3.55. The lowest BCUT2D eigenvalue weighted by molar-refractivity contribution is -0.120. The molecule has 0 fully saturated rings.